The van der Waals surface area contributed by atoms with Crippen molar-refractivity contribution < 1.29 is 18.0 Å². The third-order valence-electron chi connectivity index (χ3n) is 5.58. The molecule has 156 valence electrons. The van der Waals surface area contributed by atoms with Crippen LogP contribution in [0.15, 0.2) is 78.9 Å². The first-order valence-corrected chi connectivity index (χ1v) is 9.90. The van der Waals surface area contributed by atoms with E-state index >= 15 is 0 Å². The lowest BCUT2D eigenvalue weighted by Gasteiger charge is -2.33. The second-order valence-corrected chi connectivity index (χ2v) is 7.58. The van der Waals surface area contributed by atoms with Crippen LogP contribution in [0.5, 0.6) is 0 Å². The van der Waals surface area contributed by atoms with Gasteiger partial charge in [-0.05, 0) is 35.4 Å². The number of aromatic nitrogens is 2. The molecule has 0 saturated carbocycles. The van der Waals surface area contributed by atoms with Gasteiger partial charge in [-0.1, -0.05) is 54.6 Å². The van der Waals surface area contributed by atoms with E-state index in [4.69, 9.17) is 0 Å². The number of nitrogens with zero attached hydrogens (tertiary/aromatic N) is 3. The molecular weight excluding hydrogens is 403 g/mol. The number of imidazole rings is 1. The first-order valence-electron chi connectivity index (χ1n) is 9.90. The van der Waals surface area contributed by atoms with E-state index in [-0.39, 0.29) is 12.3 Å². The maximum absolute atomic E-state index is 13.3. The van der Waals surface area contributed by atoms with Crippen LogP contribution in [0.4, 0.5) is 19.1 Å². The minimum Gasteiger partial charge on any atom is -0.302 e. The van der Waals surface area contributed by atoms with Gasteiger partial charge in [-0.15, -0.1) is 0 Å². The van der Waals surface area contributed by atoms with E-state index in [1.54, 1.807) is 11.0 Å². The van der Waals surface area contributed by atoms with Gasteiger partial charge in [-0.3, -0.25) is 9.69 Å². The molecule has 0 N–H and O–H groups in total. The number of anilines is 1. The normalized spacial score (nSPS) is 16.5. The number of hydrogen-bond donors (Lipinski definition) is 0. The van der Waals surface area contributed by atoms with Crippen molar-refractivity contribution in [2.24, 2.45) is 0 Å². The summed E-state index contributed by atoms with van der Waals surface area (Å²) in [5.74, 6) is 0.276. The minimum absolute atomic E-state index is 0.0570. The van der Waals surface area contributed by atoms with E-state index < -0.39 is 17.8 Å². The Kier molecular flexibility index (Phi) is 4.54. The lowest BCUT2D eigenvalue weighted by molar-refractivity contribution is -0.137. The molecule has 1 aromatic heterocycles. The zero-order valence-electron chi connectivity index (χ0n) is 16.4. The predicted octanol–water partition coefficient (Wildman–Crippen LogP) is 5.58. The largest absolute Gasteiger partial charge is 0.416 e. The molecule has 1 atom stereocenters. The maximum Gasteiger partial charge on any atom is 0.416 e. The Labute approximate surface area is 176 Å². The standard InChI is InChI=1S/C24H18F3N3O/c25-24(26,27)18-10-6-9-17(13-18)21-14-22(31)29(15-16-7-2-1-3-8-16)23-28-19-11-4-5-12-20(19)30(21)23/h1-13,21H,14-15H2. The summed E-state index contributed by atoms with van der Waals surface area (Å²) < 4.78 is 41.8. The van der Waals surface area contributed by atoms with Crippen molar-refractivity contribution in [3.8, 4) is 0 Å². The molecule has 1 unspecified atom stereocenters. The number of carbonyl (C=O) groups excluding carboxylic acids is 1. The SMILES string of the molecule is O=C1CC(c2cccc(C(F)(F)F)c2)n2c(nc3ccccc32)N1Cc1ccccc1. The van der Waals surface area contributed by atoms with Gasteiger partial charge in [0, 0.05) is 0 Å². The monoisotopic (exact) mass is 421 g/mol. The molecule has 4 nitrogen and oxygen atoms in total. The van der Waals surface area contributed by atoms with Gasteiger partial charge in [0.05, 0.1) is 35.6 Å². The van der Waals surface area contributed by atoms with Crippen LogP contribution in [0, 0.1) is 0 Å². The average Bonchev–Trinajstić information content (AvgIpc) is 3.15. The van der Waals surface area contributed by atoms with Crippen LogP contribution in [-0.4, -0.2) is 15.5 Å². The second-order valence-electron chi connectivity index (χ2n) is 7.58. The van der Waals surface area contributed by atoms with E-state index in [0.29, 0.717) is 23.6 Å². The second kappa shape index (κ2) is 7.27. The first kappa shape index (κ1) is 19.4. The third kappa shape index (κ3) is 3.46. The van der Waals surface area contributed by atoms with Crippen molar-refractivity contribution in [1.29, 1.82) is 0 Å². The summed E-state index contributed by atoms with van der Waals surface area (Å²) in [5, 5.41) is 0. The molecule has 0 bridgehead atoms. The quantitative estimate of drug-likeness (QED) is 0.433. The lowest BCUT2D eigenvalue weighted by atomic mass is 9.98. The molecule has 1 aliphatic rings. The van der Waals surface area contributed by atoms with Crippen LogP contribution in [0.1, 0.15) is 29.2 Å². The van der Waals surface area contributed by atoms with E-state index in [1.165, 1.54) is 6.07 Å². The van der Waals surface area contributed by atoms with Gasteiger partial charge in [0.15, 0.2) is 0 Å². The fourth-order valence-electron chi connectivity index (χ4n) is 4.12. The molecule has 1 aliphatic heterocycles. The maximum atomic E-state index is 13.3. The Morgan fingerprint density at radius 1 is 0.935 bits per heavy atom. The van der Waals surface area contributed by atoms with E-state index in [2.05, 4.69) is 4.98 Å². The molecule has 0 spiro atoms. The van der Waals surface area contributed by atoms with Gasteiger partial charge in [-0.2, -0.15) is 13.2 Å². The van der Waals surface area contributed by atoms with Crippen molar-refractivity contribution in [2.45, 2.75) is 25.2 Å². The van der Waals surface area contributed by atoms with Crippen molar-refractivity contribution in [1.82, 2.24) is 9.55 Å². The zero-order chi connectivity index (χ0) is 21.6. The van der Waals surface area contributed by atoms with Gasteiger partial charge in [0.1, 0.15) is 0 Å². The number of halogens is 3. The topological polar surface area (TPSA) is 38.1 Å². The molecule has 1 amide bonds. The minimum atomic E-state index is -4.45. The van der Waals surface area contributed by atoms with Crippen LogP contribution in [0.3, 0.4) is 0 Å². The summed E-state index contributed by atoms with van der Waals surface area (Å²) in [5.41, 5.74) is 2.14. The van der Waals surface area contributed by atoms with Gasteiger partial charge < -0.3 is 4.57 Å². The lowest BCUT2D eigenvalue weighted by Crippen LogP contribution is -2.39. The summed E-state index contributed by atoms with van der Waals surface area (Å²) in [6.45, 7) is 0.346. The highest BCUT2D eigenvalue weighted by Gasteiger charge is 2.36. The molecule has 2 heterocycles. The van der Waals surface area contributed by atoms with Crippen LogP contribution < -0.4 is 4.90 Å². The van der Waals surface area contributed by atoms with Crippen LogP contribution in [0.25, 0.3) is 11.0 Å². The van der Waals surface area contributed by atoms with Gasteiger partial charge in [0.25, 0.3) is 0 Å². The number of hydrogen-bond acceptors (Lipinski definition) is 2. The first-order chi connectivity index (χ1) is 14.9. The Morgan fingerprint density at radius 3 is 2.45 bits per heavy atom. The molecule has 0 radical (unpaired) electrons. The molecule has 3 aromatic carbocycles. The van der Waals surface area contributed by atoms with Gasteiger partial charge in [0.2, 0.25) is 11.9 Å². The van der Waals surface area contributed by atoms with Gasteiger partial charge >= 0.3 is 6.18 Å². The fourth-order valence-corrected chi connectivity index (χ4v) is 4.12. The smallest absolute Gasteiger partial charge is 0.302 e. The van der Waals surface area contributed by atoms with Crippen LogP contribution in [0.2, 0.25) is 0 Å². The summed E-state index contributed by atoms with van der Waals surface area (Å²) in [6.07, 6.45) is -4.39. The molecule has 7 heteroatoms. The summed E-state index contributed by atoms with van der Waals surface area (Å²) >= 11 is 0. The Morgan fingerprint density at radius 2 is 1.68 bits per heavy atom. The summed E-state index contributed by atoms with van der Waals surface area (Å²) in [6, 6.07) is 21.6. The number of carbonyl (C=O) groups is 1. The number of rotatable bonds is 3. The number of alkyl halides is 3. The molecule has 0 saturated heterocycles. The van der Waals surface area contributed by atoms with E-state index in [1.807, 2.05) is 59.2 Å². The molecule has 31 heavy (non-hydrogen) atoms. The number of benzene rings is 3. The number of para-hydroxylation sites is 2. The molecule has 0 aliphatic carbocycles. The van der Waals surface area contributed by atoms with E-state index in [0.717, 1.165) is 23.2 Å². The molecular formula is C24H18F3N3O. The highest BCUT2D eigenvalue weighted by molar-refractivity contribution is 5.96. The summed E-state index contributed by atoms with van der Waals surface area (Å²) in [4.78, 5) is 19.4. The van der Waals surface area contributed by atoms with Crippen molar-refractivity contribution in [3.05, 3.63) is 95.6 Å². The number of amides is 1. The highest BCUT2D eigenvalue weighted by Crippen LogP contribution is 2.39. The summed E-state index contributed by atoms with van der Waals surface area (Å²) in [7, 11) is 0. The van der Waals surface area contributed by atoms with Crippen molar-refractivity contribution in [3.63, 3.8) is 0 Å². The van der Waals surface area contributed by atoms with Crippen molar-refractivity contribution in [2.75, 3.05) is 4.90 Å². The fraction of sp³-hybridized carbons (Fsp3) is 0.167. The third-order valence-corrected chi connectivity index (χ3v) is 5.58. The average molecular weight is 421 g/mol. The van der Waals surface area contributed by atoms with Crippen LogP contribution in [-0.2, 0) is 17.5 Å². The number of fused-ring (bicyclic) bond motifs is 3. The molecule has 0 fully saturated rings. The zero-order valence-corrected chi connectivity index (χ0v) is 16.4. The Balaban J connectivity index is 1.65. The van der Waals surface area contributed by atoms with Crippen LogP contribution >= 0.6 is 0 Å². The Hall–Kier alpha value is -3.61. The molecule has 5 rings (SSSR count). The Bertz CT molecular complexity index is 1260. The van der Waals surface area contributed by atoms with Gasteiger partial charge in [-0.25, -0.2) is 4.98 Å². The van der Waals surface area contributed by atoms with E-state index in [9.17, 15) is 18.0 Å². The van der Waals surface area contributed by atoms with Crippen molar-refractivity contribution >= 4 is 22.9 Å². The molecule has 4 aromatic rings. The highest BCUT2D eigenvalue weighted by atomic mass is 19.4. The predicted molar refractivity (Wildman–Crippen MR) is 112 cm³/mol.